The summed E-state index contributed by atoms with van der Waals surface area (Å²) >= 11 is 0. The highest BCUT2D eigenvalue weighted by molar-refractivity contribution is 5.06. The Balaban J connectivity index is 0.999. The van der Waals surface area contributed by atoms with Gasteiger partial charge >= 0.3 is 0 Å². The van der Waals surface area contributed by atoms with Crippen molar-refractivity contribution < 1.29 is 163 Å². The van der Waals surface area contributed by atoms with E-state index in [1.54, 1.807) is 0 Å². The Labute approximate surface area is 439 Å². The summed E-state index contributed by atoms with van der Waals surface area (Å²) in [6.07, 6.45) is -62.5. The number of nitrogens with zero attached hydrogens (tertiary/aromatic N) is 3. The molecule has 21 aliphatic rings. The number of ether oxygens (including phenoxy) is 15. The Hall–Kier alpha value is -2.01. The smallest absolute Gasteiger partial charge is 0.187 e. The first-order valence-electron chi connectivity index (χ1n) is 25.0. The number of hydrogen-bond acceptors (Lipinski definition) is 34. The fourth-order valence-electron chi connectivity index (χ4n) is 10.9. The average Bonchev–Trinajstić information content (AvgIpc) is 4.32. The van der Waals surface area contributed by atoms with Gasteiger partial charge in [-0.25, -0.2) is 0 Å². The molecule has 0 aromatic carbocycles. The number of aliphatic hydroxyl groups excluding tert-OH is 18. The molecule has 36 heteroatoms. The van der Waals surface area contributed by atoms with Crippen LogP contribution in [0.5, 0.6) is 0 Å². The molecule has 0 unspecified atom stereocenters. The number of azide groups is 1. The molecule has 21 fully saturated rings. The summed E-state index contributed by atoms with van der Waals surface area (Å²) in [5.74, 6) is 0. The Kier molecular flexibility index (Phi) is 19.8. The van der Waals surface area contributed by atoms with Crippen LogP contribution >= 0.6 is 0 Å². The van der Waals surface area contributed by atoms with Crippen molar-refractivity contribution in [1.29, 1.82) is 0 Å². The molecule has 21 rings (SSSR count). The van der Waals surface area contributed by atoms with Crippen molar-refractivity contribution >= 4 is 0 Å². The third-order valence-corrected chi connectivity index (χ3v) is 15.2. The van der Waals surface area contributed by atoms with Crippen LogP contribution < -0.4 is 0 Å². The number of epoxide rings is 1. The van der Waals surface area contributed by atoms with E-state index in [9.17, 15) is 97.4 Å². The van der Waals surface area contributed by atoms with Gasteiger partial charge in [0.1, 0.15) is 165 Å². The van der Waals surface area contributed by atoms with E-state index in [1.807, 2.05) is 0 Å². The fourth-order valence-corrected chi connectivity index (χ4v) is 10.9. The summed E-state index contributed by atoms with van der Waals surface area (Å²) in [4.78, 5) is 2.75. The molecule has 448 valence electrons. The minimum atomic E-state index is -2.20. The van der Waals surface area contributed by atoms with Crippen molar-refractivity contribution in [1.82, 2.24) is 0 Å². The summed E-state index contributed by atoms with van der Waals surface area (Å²) in [5.41, 5.74) is 9.59. The van der Waals surface area contributed by atoms with E-state index >= 15 is 0 Å². The molecule has 0 aliphatic carbocycles. The van der Waals surface area contributed by atoms with Crippen molar-refractivity contribution in [2.75, 3.05) is 46.2 Å². The van der Waals surface area contributed by atoms with E-state index < -0.39 is 261 Å². The van der Waals surface area contributed by atoms with Gasteiger partial charge in [-0.15, -0.1) is 0 Å². The molecule has 21 aliphatic heterocycles. The largest absolute Gasteiger partial charge is 0.394 e. The molecule has 14 bridgehead atoms. The lowest BCUT2D eigenvalue weighted by Gasteiger charge is -2.50. The van der Waals surface area contributed by atoms with Crippen molar-refractivity contribution in [3.8, 4) is 0 Å². The van der Waals surface area contributed by atoms with E-state index in [0.29, 0.717) is 0 Å². The maximum absolute atomic E-state index is 11.6. The lowest BCUT2D eigenvalue weighted by atomic mass is 9.94. The lowest BCUT2D eigenvalue weighted by Crippen LogP contribution is -2.68. The van der Waals surface area contributed by atoms with Gasteiger partial charge in [-0.3, -0.25) is 0 Å². The predicted octanol–water partition coefficient (Wildman–Crippen LogP) is -12.9. The number of hydrogen-bond donors (Lipinski definition) is 18. The molecule has 18 N–H and O–H groups in total. The molecular formula is C42H67N3O33. The predicted molar refractivity (Wildman–Crippen MR) is 232 cm³/mol. The molecule has 0 spiro atoms. The molecule has 78 heavy (non-hydrogen) atoms. The Morgan fingerprint density at radius 3 is 0.769 bits per heavy atom. The van der Waals surface area contributed by atoms with Crippen LogP contribution in [-0.2, 0) is 71.1 Å². The molecule has 0 amide bonds. The minimum absolute atomic E-state index is 0.838. The van der Waals surface area contributed by atoms with Gasteiger partial charge in [-0.2, -0.15) is 0 Å². The van der Waals surface area contributed by atoms with Gasteiger partial charge in [0.2, 0.25) is 0 Å². The van der Waals surface area contributed by atoms with Crippen molar-refractivity contribution in [3.63, 3.8) is 0 Å². The van der Waals surface area contributed by atoms with Crippen LogP contribution in [0.15, 0.2) is 5.11 Å². The summed E-state index contributed by atoms with van der Waals surface area (Å²) in [7, 11) is 0. The van der Waals surface area contributed by atoms with Gasteiger partial charge < -0.3 is 163 Å². The van der Waals surface area contributed by atoms with Gasteiger partial charge in [-0.05, 0) is 5.53 Å². The van der Waals surface area contributed by atoms with E-state index in [4.69, 9.17) is 71.1 Å². The molecule has 36 nitrogen and oxygen atoms in total. The van der Waals surface area contributed by atoms with Crippen molar-refractivity contribution in [3.05, 3.63) is 10.4 Å². The van der Waals surface area contributed by atoms with Crippen molar-refractivity contribution in [2.45, 2.75) is 215 Å². The van der Waals surface area contributed by atoms with E-state index in [2.05, 4.69) is 10.0 Å². The van der Waals surface area contributed by atoms with Gasteiger partial charge in [-0.1, -0.05) is 5.11 Å². The summed E-state index contributed by atoms with van der Waals surface area (Å²) in [5, 5.41) is 202. The first-order chi connectivity index (χ1) is 37.4. The van der Waals surface area contributed by atoms with Gasteiger partial charge in [0.15, 0.2) is 44.0 Å². The fraction of sp³-hybridized carbons (Fsp3) is 1.00. The minimum Gasteiger partial charge on any atom is -0.394 e. The van der Waals surface area contributed by atoms with Crippen LogP contribution in [0.2, 0.25) is 0 Å². The highest BCUT2D eigenvalue weighted by Crippen LogP contribution is 2.44. The van der Waals surface area contributed by atoms with Crippen LogP contribution in [0.25, 0.3) is 10.4 Å². The zero-order valence-corrected chi connectivity index (χ0v) is 40.7. The van der Waals surface area contributed by atoms with Crippen LogP contribution in [0.4, 0.5) is 0 Å². The first-order valence-corrected chi connectivity index (χ1v) is 25.0. The lowest BCUT2D eigenvalue weighted by molar-refractivity contribution is -0.395. The first kappa shape index (κ1) is 60.6. The molecule has 0 aromatic heterocycles. The maximum atomic E-state index is 11.6. The summed E-state index contributed by atoms with van der Waals surface area (Å²) < 4.78 is 87.0. The highest BCUT2D eigenvalue weighted by Gasteiger charge is 2.63. The number of rotatable bonds is 8. The van der Waals surface area contributed by atoms with Crippen LogP contribution in [0.1, 0.15) is 0 Å². The van der Waals surface area contributed by atoms with Gasteiger partial charge in [0.25, 0.3) is 0 Å². The average molecular weight is 1140 g/mol. The molecule has 0 saturated carbocycles. The molecular weight excluding hydrogens is 1070 g/mol. The Morgan fingerprint density at radius 2 is 0.474 bits per heavy atom. The molecule has 35 atom stereocenters. The molecule has 0 aromatic rings. The number of fused-ring (bicyclic) bond motifs is 1. The second-order valence-electron chi connectivity index (χ2n) is 19.9. The van der Waals surface area contributed by atoms with Gasteiger partial charge in [0, 0.05) is 4.91 Å². The zero-order valence-electron chi connectivity index (χ0n) is 40.7. The third kappa shape index (κ3) is 11.5. The number of aliphatic hydroxyl groups is 18. The van der Waals surface area contributed by atoms with Crippen LogP contribution in [0, 0.1) is 0 Å². The van der Waals surface area contributed by atoms with Crippen LogP contribution in [-0.4, -0.2) is 353 Å². The van der Waals surface area contributed by atoms with E-state index in [0.717, 1.165) is 0 Å². The standard InChI is InChI=1S/C42H67N3O33/c43-45-44-15-16(53)36-64-8(1-46)27(15)72-37-22(59)17(54)28(9(2-47)65-37)73-38-23(60)18(55)29(10(3-48)66-38)74-39-24(61)19(56)30(11(4-49)67-39)75-40-25(62)20(57)31(12(5-50)68-40)76-41-26(63)21(58)32(13(6-51)69-41)77-42-35-34(71-35)33(78-36)14(7-52)70-42/h8-42,46-63H,1-7H2/t8-,9-,10-,11-,12-,13-,14-,15+,16+,17-,18-,19-,20-,21-,22-,23-,24-,25-,26-,27-,28-,29-,30-,31-,32-,33-,34-,35-,36-,37-,38-,39-,40-,41-,42-/m1/s1. The molecule has 21 saturated heterocycles. The topological polar surface area (TPSA) is 555 Å². The quantitative estimate of drug-likeness (QED) is 0.0464. The molecule has 0 radical (unpaired) electrons. The van der Waals surface area contributed by atoms with E-state index in [1.165, 1.54) is 0 Å². The van der Waals surface area contributed by atoms with Crippen molar-refractivity contribution in [2.24, 2.45) is 5.11 Å². The molecule has 21 heterocycles. The SMILES string of the molecule is [N-]=[N+]=N[C@H]1[C@H](O)[C@H]2O[C@H]3[C@H]4O[C@H]4[C@@H](O[C@H]4[C@H](O)[C@@H](O)[C@@H](O[C@H]5[C@H](O)[C@@H](O)[C@@H](O[C@H]6[C@H](O)[C@@H](O)[C@@H](O[C@H]7[C@H](O)[C@@H](O)[C@@H](O[C@H]8[C@H](O)[C@@H](O)[C@@H](O[C@@H]1[C@@H](CO)O2)O[C@@H]8CO)O[C@@H]7CO)O[C@@H]6CO)O[C@@H]5CO)O[C@@H]4CO)O[C@@H]3CO. The summed E-state index contributed by atoms with van der Waals surface area (Å²) in [6, 6.07) is -1.77. The monoisotopic (exact) mass is 1140 g/mol. The second-order valence-corrected chi connectivity index (χ2v) is 19.9. The normalized spacial score (nSPS) is 55.0. The third-order valence-electron chi connectivity index (χ3n) is 15.2. The highest BCUT2D eigenvalue weighted by atomic mass is 16.8. The maximum Gasteiger partial charge on any atom is 0.187 e. The zero-order chi connectivity index (χ0) is 56.2. The second kappa shape index (κ2) is 25.5. The Bertz CT molecular complexity index is 1980. The Morgan fingerprint density at radius 1 is 0.244 bits per heavy atom. The van der Waals surface area contributed by atoms with Gasteiger partial charge in [0.05, 0.1) is 52.3 Å². The van der Waals surface area contributed by atoms with Crippen LogP contribution in [0.3, 0.4) is 0 Å². The summed E-state index contributed by atoms with van der Waals surface area (Å²) in [6.45, 7) is -6.84. The van der Waals surface area contributed by atoms with E-state index in [-0.39, 0.29) is 0 Å².